The molecule has 2 fully saturated rings. The third-order valence-corrected chi connectivity index (χ3v) is 4.53. The number of hydrogen-bond acceptors (Lipinski definition) is 5. The van der Waals surface area contributed by atoms with Crippen molar-refractivity contribution in [2.75, 3.05) is 51.7 Å². The van der Waals surface area contributed by atoms with Gasteiger partial charge < -0.3 is 20.0 Å². The summed E-state index contributed by atoms with van der Waals surface area (Å²) >= 11 is 0. The fraction of sp³-hybridized carbons (Fsp3) is 0.556. The highest BCUT2D eigenvalue weighted by Gasteiger charge is 2.27. The summed E-state index contributed by atoms with van der Waals surface area (Å²) in [5.74, 6) is 1.65. The molecule has 1 aromatic rings. The zero-order valence-electron chi connectivity index (χ0n) is 15.8. The summed E-state index contributed by atoms with van der Waals surface area (Å²) in [5, 5.41) is 12.5. The fourth-order valence-corrected chi connectivity index (χ4v) is 2.74. The molecule has 3 rings (SSSR count). The van der Waals surface area contributed by atoms with Crippen molar-refractivity contribution in [2.45, 2.75) is 18.9 Å². The van der Waals surface area contributed by atoms with Crippen LogP contribution in [0.3, 0.4) is 0 Å². The van der Waals surface area contributed by atoms with E-state index in [1.165, 1.54) is 0 Å². The molecule has 0 atom stereocenters. The van der Waals surface area contributed by atoms with E-state index in [4.69, 9.17) is 5.26 Å². The van der Waals surface area contributed by atoms with Gasteiger partial charge in [0.15, 0.2) is 5.96 Å². The first-order valence-corrected chi connectivity index (χ1v) is 8.95. The summed E-state index contributed by atoms with van der Waals surface area (Å²) in [4.78, 5) is 26.7. The number of carbonyl (C=O) groups is 1. The Labute approximate surface area is 177 Å². The van der Waals surface area contributed by atoms with Crippen molar-refractivity contribution < 1.29 is 4.79 Å². The van der Waals surface area contributed by atoms with E-state index in [1.54, 1.807) is 25.1 Å². The molecule has 0 spiro atoms. The molecule has 0 unspecified atom stereocenters. The number of carbonyl (C=O) groups excluding carboxylic acids is 1. The van der Waals surface area contributed by atoms with Crippen LogP contribution in [0.15, 0.2) is 23.2 Å². The van der Waals surface area contributed by atoms with Crippen molar-refractivity contribution in [3.8, 4) is 6.07 Å². The van der Waals surface area contributed by atoms with Gasteiger partial charge in [-0.3, -0.25) is 4.79 Å². The molecule has 9 heteroatoms. The number of aromatic nitrogens is 1. The average Bonchev–Trinajstić information content (AvgIpc) is 3.49. The Balaban J connectivity index is 0.00000261. The Morgan fingerprint density at radius 3 is 2.63 bits per heavy atom. The maximum atomic E-state index is 11.9. The van der Waals surface area contributed by atoms with Gasteiger partial charge in [-0.1, -0.05) is 6.07 Å². The zero-order chi connectivity index (χ0) is 18.5. The predicted octanol–water partition coefficient (Wildman–Crippen LogP) is 0.889. The van der Waals surface area contributed by atoms with Crippen LogP contribution in [0.25, 0.3) is 0 Å². The Morgan fingerprint density at radius 1 is 1.33 bits per heavy atom. The third kappa shape index (κ3) is 5.95. The minimum absolute atomic E-state index is 0. The van der Waals surface area contributed by atoms with Crippen LogP contribution in [0.2, 0.25) is 0 Å². The van der Waals surface area contributed by atoms with Crippen molar-refractivity contribution in [1.29, 1.82) is 5.26 Å². The van der Waals surface area contributed by atoms with E-state index in [9.17, 15) is 4.79 Å². The first kappa shape index (κ1) is 21.2. The molecular formula is C18H26IN7O. The topological polar surface area (TPSA) is 87.9 Å². The SMILES string of the molecule is CN(C)C(=O)CN=C(NC1CC1)N1CCN(c2cccc(C#N)n2)CC1.I. The first-order valence-electron chi connectivity index (χ1n) is 8.95. The van der Waals surface area contributed by atoms with E-state index < -0.39 is 0 Å². The maximum Gasteiger partial charge on any atom is 0.243 e. The minimum Gasteiger partial charge on any atom is -0.353 e. The maximum absolute atomic E-state index is 11.9. The van der Waals surface area contributed by atoms with E-state index in [-0.39, 0.29) is 36.4 Å². The van der Waals surface area contributed by atoms with Gasteiger partial charge in [0.05, 0.1) is 0 Å². The smallest absolute Gasteiger partial charge is 0.243 e. The van der Waals surface area contributed by atoms with Crippen LogP contribution >= 0.6 is 24.0 Å². The summed E-state index contributed by atoms with van der Waals surface area (Å²) < 4.78 is 0. The number of guanidine groups is 1. The lowest BCUT2D eigenvalue weighted by Gasteiger charge is -2.37. The molecule has 8 nitrogen and oxygen atoms in total. The van der Waals surface area contributed by atoms with Gasteiger partial charge in [-0.2, -0.15) is 5.26 Å². The van der Waals surface area contributed by atoms with E-state index >= 15 is 0 Å². The van der Waals surface area contributed by atoms with Gasteiger partial charge in [0, 0.05) is 46.3 Å². The lowest BCUT2D eigenvalue weighted by atomic mass is 10.3. The molecule has 146 valence electrons. The molecule has 0 bridgehead atoms. The van der Waals surface area contributed by atoms with Crippen molar-refractivity contribution in [2.24, 2.45) is 4.99 Å². The number of amides is 1. The number of likely N-dealkylation sites (N-methyl/N-ethyl adjacent to an activating group) is 1. The van der Waals surface area contributed by atoms with Crippen LogP contribution in [0.4, 0.5) is 5.82 Å². The number of hydrogen-bond donors (Lipinski definition) is 1. The van der Waals surface area contributed by atoms with Gasteiger partial charge >= 0.3 is 0 Å². The van der Waals surface area contributed by atoms with Crippen LogP contribution in [-0.4, -0.2) is 79.5 Å². The molecule has 1 aliphatic carbocycles. The van der Waals surface area contributed by atoms with E-state index in [1.807, 2.05) is 12.1 Å². The second-order valence-electron chi connectivity index (χ2n) is 6.81. The number of aliphatic imine (C=N–C) groups is 1. The lowest BCUT2D eigenvalue weighted by molar-refractivity contribution is -0.127. The quantitative estimate of drug-likeness (QED) is 0.389. The average molecular weight is 483 g/mol. The van der Waals surface area contributed by atoms with Gasteiger partial charge in [0.25, 0.3) is 0 Å². The highest BCUT2D eigenvalue weighted by atomic mass is 127. The van der Waals surface area contributed by atoms with Gasteiger partial charge in [0.2, 0.25) is 5.91 Å². The highest BCUT2D eigenvalue weighted by molar-refractivity contribution is 14.0. The number of anilines is 1. The Bertz CT molecular complexity index is 719. The fourth-order valence-electron chi connectivity index (χ4n) is 2.74. The molecule has 1 saturated heterocycles. The molecule has 2 aliphatic rings. The number of piperazine rings is 1. The number of rotatable bonds is 4. The van der Waals surface area contributed by atoms with Crippen LogP contribution in [0, 0.1) is 11.3 Å². The Kier molecular flexibility index (Phi) is 7.65. The predicted molar refractivity (Wildman–Crippen MR) is 115 cm³/mol. The van der Waals surface area contributed by atoms with Crippen LogP contribution in [0.1, 0.15) is 18.5 Å². The Morgan fingerprint density at radius 2 is 2.04 bits per heavy atom. The van der Waals surface area contributed by atoms with Crippen molar-refractivity contribution in [3.63, 3.8) is 0 Å². The standard InChI is InChI=1S/C18H25N7O.HI/c1-23(2)17(26)13-20-18(22-14-6-7-14)25-10-8-24(9-11-25)16-5-3-4-15(12-19)21-16;/h3-5,14H,6-11,13H2,1-2H3,(H,20,22);1H. The van der Waals surface area contributed by atoms with Gasteiger partial charge in [0.1, 0.15) is 24.1 Å². The molecular weight excluding hydrogens is 457 g/mol. The second kappa shape index (κ2) is 9.73. The monoisotopic (exact) mass is 483 g/mol. The third-order valence-electron chi connectivity index (χ3n) is 4.53. The lowest BCUT2D eigenvalue weighted by Crippen LogP contribution is -2.53. The van der Waals surface area contributed by atoms with E-state index in [0.717, 1.165) is 50.8 Å². The second-order valence-corrected chi connectivity index (χ2v) is 6.81. The summed E-state index contributed by atoms with van der Waals surface area (Å²) in [7, 11) is 3.49. The number of nitrogens with one attached hydrogen (secondary N) is 1. The van der Waals surface area contributed by atoms with Crippen LogP contribution < -0.4 is 10.2 Å². The zero-order valence-corrected chi connectivity index (χ0v) is 18.1. The largest absolute Gasteiger partial charge is 0.353 e. The number of nitrogens with zero attached hydrogens (tertiary/aromatic N) is 6. The molecule has 1 N–H and O–H groups in total. The summed E-state index contributed by atoms with van der Waals surface area (Å²) in [6.45, 7) is 3.36. The normalized spacial score (nSPS) is 17.0. The molecule has 1 aliphatic heterocycles. The molecule has 2 heterocycles. The summed E-state index contributed by atoms with van der Waals surface area (Å²) in [6, 6.07) is 8.08. The van der Waals surface area contributed by atoms with Gasteiger partial charge in [-0.25, -0.2) is 9.98 Å². The first-order chi connectivity index (χ1) is 12.6. The number of pyridine rings is 1. The summed E-state index contributed by atoms with van der Waals surface area (Å²) in [6.07, 6.45) is 2.32. The molecule has 0 radical (unpaired) electrons. The van der Waals surface area contributed by atoms with Crippen molar-refractivity contribution >= 4 is 41.7 Å². The molecule has 0 aromatic carbocycles. The molecule has 1 saturated carbocycles. The minimum atomic E-state index is -0.00347. The number of nitriles is 1. The Hall–Kier alpha value is -2.09. The summed E-state index contributed by atoms with van der Waals surface area (Å²) in [5.41, 5.74) is 0.435. The van der Waals surface area contributed by atoms with Gasteiger partial charge in [-0.05, 0) is 25.0 Å². The van der Waals surface area contributed by atoms with Crippen LogP contribution in [0.5, 0.6) is 0 Å². The molecule has 1 aromatic heterocycles. The van der Waals surface area contributed by atoms with Gasteiger partial charge in [-0.15, -0.1) is 24.0 Å². The molecule has 27 heavy (non-hydrogen) atoms. The van der Waals surface area contributed by atoms with Crippen molar-refractivity contribution in [1.82, 2.24) is 20.1 Å². The van der Waals surface area contributed by atoms with E-state index in [0.29, 0.717) is 11.7 Å². The van der Waals surface area contributed by atoms with Crippen molar-refractivity contribution in [3.05, 3.63) is 23.9 Å². The molecule has 1 amide bonds. The van der Waals surface area contributed by atoms with E-state index in [2.05, 4.69) is 31.2 Å². The highest BCUT2D eigenvalue weighted by Crippen LogP contribution is 2.20. The number of halogens is 1. The van der Waals surface area contributed by atoms with Crippen LogP contribution in [-0.2, 0) is 4.79 Å².